The molecule has 3 nitrogen and oxygen atoms in total. The third kappa shape index (κ3) is 3.21. The summed E-state index contributed by atoms with van der Waals surface area (Å²) < 4.78 is 5.65. The lowest BCUT2D eigenvalue weighted by Gasteiger charge is -2.38. The Bertz CT molecular complexity index is 273. The lowest BCUT2D eigenvalue weighted by atomic mass is 9.75. The molecule has 2 atom stereocenters. The summed E-state index contributed by atoms with van der Waals surface area (Å²) in [5.41, 5.74) is 5.83. The second kappa shape index (κ2) is 5.38. The first kappa shape index (κ1) is 12.9. The molecule has 0 aromatic rings. The van der Waals surface area contributed by atoms with Crippen LogP contribution >= 0.6 is 0 Å². The van der Waals surface area contributed by atoms with Crippen LogP contribution in [0, 0.1) is 5.92 Å². The van der Waals surface area contributed by atoms with Gasteiger partial charge in [-0.25, -0.2) is 0 Å². The number of rotatable bonds is 4. The van der Waals surface area contributed by atoms with Crippen LogP contribution in [0.15, 0.2) is 0 Å². The van der Waals surface area contributed by atoms with Crippen molar-refractivity contribution in [2.75, 3.05) is 0 Å². The van der Waals surface area contributed by atoms with Crippen LogP contribution in [-0.4, -0.2) is 17.6 Å². The highest BCUT2D eigenvalue weighted by Crippen LogP contribution is 2.34. The van der Waals surface area contributed by atoms with E-state index in [1.54, 1.807) is 0 Å². The Balaban J connectivity index is 1.80. The summed E-state index contributed by atoms with van der Waals surface area (Å²) >= 11 is 0. The highest BCUT2D eigenvalue weighted by molar-refractivity contribution is 5.71. The molecule has 0 aromatic carbocycles. The minimum atomic E-state index is -0.243. The summed E-state index contributed by atoms with van der Waals surface area (Å²) in [6.45, 7) is 2.19. The Hall–Kier alpha value is -0.570. The van der Waals surface area contributed by atoms with Gasteiger partial charge in [-0.05, 0) is 50.9 Å². The van der Waals surface area contributed by atoms with E-state index < -0.39 is 0 Å². The van der Waals surface area contributed by atoms with E-state index >= 15 is 0 Å². The summed E-state index contributed by atoms with van der Waals surface area (Å²) in [6.07, 6.45) is 9.54. The van der Waals surface area contributed by atoms with Gasteiger partial charge < -0.3 is 10.5 Å². The molecule has 2 rings (SSSR count). The second-order valence-electron chi connectivity index (χ2n) is 5.87. The molecule has 0 saturated heterocycles. The van der Waals surface area contributed by atoms with Crippen molar-refractivity contribution in [3.63, 3.8) is 0 Å². The maximum atomic E-state index is 11.9. The van der Waals surface area contributed by atoms with E-state index in [1.807, 2.05) is 0 Å². The minimum Gasteiger partial charge on any atom is -0.462 e. The highest BCUT2D eigenvalue weighted by Gasteiger charge is 2.36. The average molecular weight is 239 g/mol. The summed E-state index contributed by atoms with van der Waals surface area (Å²) in [4.78, 5) is 11.9. The summed E-state index contributed by atoms with van der Waals surface area (Å²) in [7, 11) is 0. The predicted molar refractivity (Wildman–Crippen MR) is 67.5 cm³/mol. The van der Waals surface area contributed by atoms with Crippen LogP contribution in [0.4, 0.5) is 0 Å². The van der Waals surface area contributed by atoms with Crippen molar-refractivity contribution in [2.24, 2.45) is 11.7 Å². The van der Waals surface area contributed by atoms with Crippen LogP contribution in [-0.2, 0) is 9.53 Å². The summed E-state index contributed by atoms with van der Waals surface area (Å²) in [5.74, 6) is 0.500. The van der Waals surface area contributed by atoms with Gasteiger partial charge in [-0.3, -0.25) is 4.79 Å². The van der Waals surface area contributed by atoms with Crippen molar-refractivity contribution in [3.8, 4) is 0 Å². The molecular formula is C14H25NO2. The van der Waals surface area contributed by atoms with Crippen LogP contribution in [0.2, 0.25) is 0 Å². The highest BCUT2D eigenvalue weighted by atomic mass is 16.5. The fourth-order valence-electron chi connectivity index (χ4n) is 3.10. The fourth-order valence-corrected chi connectivity index (χ4v) is 3.10. The fraction of sp³-hybridized carbons (Fsp3) is 0.929. The van der Waals surface area contributed by atoms with Gasteiger partial charge in [0.1, 0.15) is 6.10 Å². The molecule has 2 aliphatic rings. The van der Waals surface area contributed by atoms with Crippen LogP contribution in [0.1, 0.15) is 64.7 Å². The minimum absolute atomic E-state index is 0.0717. The molecule has 2 fully saturated rings. The quantitative estimate of drug-likeness (QED) is 0.767. The van der Waals surface area contributed by atoms with Gasteiger partial charge in [0, 0.05) is 5.54 Å². The zero-order valence-electron chi connectivity index (χ0n) is 10.9. The van der Waals surface area contributed by atoms with E-state index in [1.165, 1.54) is 19.3 Å². The molecule has 2 unspecified atom stereocenters. The maximum absolute atomic E-state index is 11.9. The number of ether oxygens (including phenoxy) is 1. The maximum Gasteiger partial charge on any atom is 0.307 e. The van der Waals surface area contributed by atoms with Crippen LogP contribution < -0.4 is 5.73 Å². The van der Waals surface area contributed by atoms with E-state index in [2.05, 4.69) is 6.92 Å². The van der Waals surface area contributed by atoms with Crippen molar-refractivity contribution in [1.82, 2.24) is 0 Å². The standard InChI is InChI=1S/C14H25NO2/c1-2-11-6-3-4-7-12(11)17-13(16)10-14(15)8-5-9-14/h11-12H,2-10,15H2,1H3. The van der Waals surface area contributed by atoms with Crippen molar-refractivity contribution in [2.45, 2.75) is 76.4 Å². The molecular weight excluding hydrogens is 214 g/mol. The van der Waals surface area contributed by atoms with Crippen LogP contribution in [0.25, 0.3) is 0 Å². The molecule has 0 spiro atoms. The van der Waals surface area contributed by atoms with Gasteiger partial charge in [0.05, 0.1) is 6.42 Å². The van der Waals surface area contributed by atoms with Crippen LogP contribution in [0.5, 0.6) is 0 Å². The van der Waals surface area contributed by atoms with Crippen molar-refractivity contribution >= 4 is 5.97 Å². The largest absolute Gasteiger partial charge is 0.462 e. The first-order chi connectivity index (χ1) is 8.13. The van der Waals surface area contributed by atoms with Gasteiger partial charge in [-0.1, -0.05) is 13.3 Å². The number of hydrogen-bond acceptors (Lipinski definition) is 3. The molecule has 2 N–H and O–H groups in total. The number of hydrogen-bond donors (Lipinski definition) is 1. The van der Waals surface area contributed by atoms with E-state index in [0.717, 1.165) is 32.1 Å². The third-order valence-corrected chi connectivity index (χ3v) is 4.49. The molecule has 98 valence electrons. The van der Waals surface area contributed by atoms with Gasteiger partial charge in [0.25, 0.3) is 0 Å². The Morgan fingerprint density at radius 3 is 2.59 bits per heavy atom. The summed E-state index contributed by atoms with van der Waals surface area (Å²) in [6, 6.07) is 0. The number of carbonyl (C=O) groups excluding carboxylic acids is 1. The molecule has 0 aliphatic heterocycles. The van der Waals surface area contributed by atoms with E-state index in [0.29, 0.717) is 12.3 Å². The van der Waals surface area contributed by atoms with Crippen molar-refractivity contribution in [3.05, 3.63) is 0 Å². The lowest BCUT2D eigenvalue weighted by molar-refractivity contribution is -0.156. The molecule has 0 aromatic heterocycles. The molecule has 17 heavy (non-hydrogen) atoms. The van der Waals surface area contributed by atoms with Crippen LogP contribution in [0.3, 0.4) is 0 Å². The second-order valence-corrected chi connectivity index (χ2v) is 5.87. The van der Waals surface area contributed by atoms with E-state index in [4.69, 9.17) is 10.5 Å². The lowest BCUT2D eigenvalue weighted by Crippen LogP contribution is -2.48. The van der Waals surface area contributed by atoms with E-state index in [-0.39, 0.29) is 17.6 Å². The van der Waals surface area contributed by atoms with Gasteiger partial charge in [0.2, 0.25) is 0 Å². The normalized spacial score (nSPS) is 31.6. The number of esters is 1. The molecule has 0 amide bonds. The SMILES string of the molecule is CCC1CCCCC1OC(=O)CC1(N)CCC1. The van der Waals surface area contributed by atoms with Gasteiger partial charge in [-0.15, -0.1) is 0 Å². The Labute approximate surface area is 104 Å². The molecule has 0 heterocycles. The zero-order chi connectivity index (χ0) is 12.3. The molecule has 0 bridgehead atoms. The van der Waals surface area contributed by atoms with Crippen molar-refractivity contribution in [1.29, 1.82) is 0 Å². The summed E-state index contributed by atoms with van der Waals surface area (Å²) in [5, 5.41) is 0. The smallest absolute Gasteiger partial charge is 0.307 e. The van der Waals surface area contributed by atoms with Gasteiger partial charge >= 0.3 is 5.97 Å². The Morgan fingerprint density at radius 2 is 2.00 bits per heavy atom. The Morgan fingerprint density at radius 1 is 1.29 bits per heavy atom. The monoisotopic (exact) mass is 239 g/mol. The first-order valence-corrected chi connectivity index (χ1v) is 7.11. The predicted octanol–water partition coefficient (Wildman–Crippen LogP) is 2.77. The molecule has 3 heteroatoms. The number of nitrogens with two attached hydrogens (primary N) is 1. The first-order valence-electron chi connectivity index (χ1n) is 7.11. The van der Waals surface area contributed by atoms with Crippen molar-refractivity contribution < 1.29 is 9.53 Å². The molecule has 2 saturated carbocycles. The Kier molecular flexibility index (Phi) is 4.08. The van der Waals surface area contributed by atoms with Gasteiger partial charge in [0.15, 0.2) is 0 Å². The average Bonchev–Trinajstić information content (AvgIpc) is 2.27. The van der Waals surface area contributed by atoms with E-state index in [9.17, 15) is 4.79 Å². The topological polar surface area (TPSA) is 52.3 Å². The molecule has 0 radical (unpaired) electrons. The third-order valence-electron chi connectivity index (χ3n) is 4.49. The van der Waals surface area contributed by atoms with Gasteiger partial charge in [-0.2, -0.15) is 0 Å². The number of carbonyl (C=O) groups is 1. The zero-order valence-corrected chi connectivity index (χ0v) is 10.9. The molecule has 2 aliphatic carbocycles.